The van der Waals surface area contributed by atoms with Crippen LogP contribution in [0.5, 0.6) is 5.75 Å². The van der Waals surface area contributed by atoms with Crippen molar-refractivity contribution in [2.75, 3.05) is 24.7 Å². The van der Waals surface area contributed by atoms with Gasteiger partial charge in [-0.05, 0) is 74.7 Å². The molecule has 1 aliphatic heterocycles. The van der Waals surface area contributed by atoms with Gasteiger partial charge in [-0.1, -0.05) is 23.9 Å². The standard InChI is InChI=1S/C28H30N4O3S2/c1-17(2)31-13-12-22-23(15-31)37-26-25(22)27(34)32(20-8-10-21(35-4)11-9-20)28(30-26)36-16-24(33)29-19-7-5-6-18(3)14-19/h5-11,14,17H,12-13,15-16H2,1-4H3,(H,29,33). The molecule has 0 atom stereocenters. The first kappa shape index (κ1) is 25.5. The minimum Gasteiger partial charge on any atom is -0.497 e. The van der Waals surface area contributed by atoms with Gasteiger partial charge in [-0.15, -0.1) is 11.3 Å². The van der Waals surface area contributed by atoms with E-state index in [-0.39, 0.29) is 17.2 Å². The molecule has 0 aliphatic carbocycles. The minimum absolute atomic E-state index is 0.0905. The summed E-state index contributed by atoms with van der Waals surface area (Å²) in [5.41, 5.74) is 3.55. The van der Waals surface area contributed by atoms with Gasteiger partial charge in [0.05, 0.1) is 23.9 Å². The summed E-state index contributed by atoms with van der Waals surface area (Å²) in [6.45, 7) is 8.14. The first-order valence-electron chi connectivity index (χ1n) is 12.3. The lowest BCUT2D eigenvalue weighted by molar-refractivity contribution is -0.113. The Morgan fingerprint density at radius 1 is 1.22 bits per heavy atom. The highest BCUT2D eigenvalue weighted by Gasteiger charge is 2.26. The summed E-state index contributed by atoms with van der Waals surface area (Å²) in [6.07, 6.45) is 0.832. The number of benzene rings is 2. The molecule has 0 saturated heterocycles. The number of rotatable bonds is 7. The molecule has 0 unspecified atom stereocenters. The molecule has 0 fully saturated rings. The molecule has 1 N–H and O–H groups in total. The number of hydrogen-bond acceptors (Lipinski definition) is 7. The Hall–Kier alpha value is -3.14. The van der Waals surface area contributed by atoms with Crippen LogP contribution in [0.4, 0.5) is 5.69 Å². The predicted molar refractivity (Wildman–Crippen MR) is 152 cm³/mol. The van der Waals surface area contributed by atoms with Crippen LogP contribution in [0.2, 0.25) is 0 Å². The number of hydrogen-bond donors (Lipinski definition) is 1. The van der Waals surface area contributed by atoms with Crippen molar-refractivity contribution in [2.24, 2.45) is 0 Å². The molecular weight excluding hydrogens is 504 g/mol. The van der Waals surface area contributed by atoms with Gasteiger partial charge < -0.3 is 10.1 Å². The van der Waals surface area contributed by atoms with Gasteiger partial charge in [0.25, 0.3) is 5.56 Å². The summed E-state index contributed by atoms with van der Waals surface area (Å²) in [7, 11) is 1.61. The van der Waals surface area contributed by atoms with Crippen LogP contribution in [0.3, 0.4) is 0 Å². The van der Waals surface area contributed by atoms with Gasteiger partial charge in [-0.3, -0.25) is 19.1 Å². The molecule has 0 radical (unpaired) electrons. The predicted octanol–water partition coefficient (Wildman–Crippen LogP) is 5.26. The number of aromatic nitrogens is 2. The average Bonchev–Trinajstić information content (AvgIpc) is 3.25. The Morgan fingerprint density at radius 3 is 2.70 bits per heavy atom. The Bertz CT molecular complexity index is 1510. The molecule has 0 bridgehead atoms. The van der Waals surface area contributed by atoms with Crippen molar-refractivity contribution in [3.63, 3.8) is 0 Å². The Balaban J connectivity index is 1.52. The summed E-state index contributed by atoms with van der Waals surface area (Å²) in [6, 6.07) is 15.5. The van der Waals surface area contributed by atoms with E-state index in [4.69, 9.17) is 9.72 Å². The number of nitrogens with zero attached hydrogens (tertiary/aromatic N) is 3. The van der Waals surface area contributed by atoms with Gasteiger partial charge in [-0.25, -0.2) is 4.98 Å². The number of amides is 1. The van der Waals surface area contributed by atoms with E-state index in [2.05, 4.69) is 24.1 Å². The van der Waals surface area contributed by atoms with Crippen LogP contribution in [0.15, 0.2) is 58.5 Å². The number of aryl methyl sites for hydroxylation is 1. The Kier molecular flexibility index (Phi) is 7.37. The SMILES string of the molecule is COc1ccc(-n2c(SCC(=O)Nc3cccc(C)c3)nc3sc4c(c3c2=O)CCN(C(C)C)C4)cc1. The smallest absolute Gasteiger partial charge is 0.267 e. The van der Waals surface area contributed by atoms with E-state index in [0.717, 1.165) is 41.2 Å². The molecule has 0 spiro atoms. The van der Waals surface area contributed by atoms with Crippen LogP contribution in [-0.4, -0.2) is 45.8 Å². The molecule has 5 rings (SSSR count). The number of ether oxygens (including phenoxy) is 1. The molecule has 9 heteroatoms. The number of carbonyl (C=O) groups excluding carboxylic acids is 1. The molecule has 192 valence electrons. The van der Waals surface area contributed by atoms with Gasteiger partial charge in [0.1, 0.15) is 10.6 Å². The zero-order valence-electron chi connectivity index (χ0n) is 21.4. The summed E-state index contributed by atoms with van der Waals surface area (Å²) in [4.78, 5) is 36.1. The van der Waals surface area contributed by atoms with Crippen LogP contribution >= 0.6 is 23.1 Å². The van der Waals surface area contributed by atoms with E-state index in [0.29, 0.717) is 28.0 Å². The summed E-state index contributed by atoms with van der Waals surface area (Å²) >= 11 is 2.87. The lowest BCUT2D eigenvalue weighted by Gasteiger charge is -2.30. The fourth-order valence-corrected chi connectivity index (χ4v) is 6.69. The molecule has 7 nitrogen and oxygen atoms in total. The number of nitrogens with one attached hydrogen (secondary N) is 1. The number of carbonyl (C=O) groups is 1. The van der Waals surface area contributed by atoms with Crippen molar-refractivity contribution in [3.05, 3.63) is 74.9 Å². The molecule has 0 saturated carbocycles. The third kappa shape index (κ3) is 5.30. The van der Waals surface area contributed by atoms with Gasteiger partial charge in [-0.2, -0.15) is 0 Å². The van der Waals surface area contributed by atoms with E-state index in [1.807, 2.05) is 55.5 Å². The zero-order valence-corrected chi connectivity index (χ0v) is 23.0. The monoisotopic (exact) mass is 534 g/mol. The maximum atomic E-state index is 14.0. The zero-order chi connectivity index (χ0) is 26.1. The number of thioether (sulfide) groups is 1. The maximum absolute atomic E-state index is 14.0. The summed E-state index contributed by atoms with van der Waals surface area (Å²) < 4.78 is 6.94. The van der Waals surface area contributed by atoms with Crippen molar-refractivity contribution >= 4 is 44.9 Å². The second-order valence-corrected chi connectivity index (χ2v) is 11.5. The Morgan fingerprint density at radius 2 is 2.00 bits per heavy atom. The molecule has 37 heavy (non-hydrogen) atoms. The first-order chi connectivity index (χ1) is 17.8. The number of thiophene rings is 1. The van der Waals surface area contributed by atoms with Gasteiger partial charge >= 0.3 is 0 Å². The minimum atomic E-state index is -0.149. The normalized spacial score (nSPS) is 13.6. The highest BCUT2D eigenvalue weighted by atomic mass is 32.2. The molecular formula is C28H30N4O3S2. The van der Waals surface area contributed by atoms with Crippen LogP contribution in [0.25, 0.3) is 15.9 Å². The van der Waals surface area contributed by atoms with Crippen LogP contribution in [-0.2, 0) is 17.8 Å². The van der Waals surface area contributed by atoms with Gasteiger partial charge in [0, 0.05) is 29.7 Å². The van der Waals surface area contributed by atoms with Crippen molar-refractivity contribution in [2.45, 2.75) is 44.9 Å². The van der Waals surface area contributed by atoms with Gasteiger partial charge in [0.2, 0.25) is 5.91 Å². The molecule has 4 aromatic rings. The van der Waals surface area contributed by atoms with Crippen molar-refractivity contribution in [3.8, 4) is 11.4 Å². The van der Waals surface area contributed by atoms with E-state index in [1.165, 1.54) is 16.6 Å². The van der Waals surface area contributed by atoms with Gasteiger partial charge in [0.15, 0.2) is 5.16 Å². The highest BCUT2D eigenvalue weighted by molar-refractivity contribution is 7.99. The van der Waals surface area contributed by atoms with E-state index >= 15 is 0 Å². The molecule has 1 amide bonds. The number of anilines is 1. The quantitative estimate of drug-likeness (QED) is 0.257. The average molecular weight is 535 g/mol. The van der Waals surface area contributed by atoms with Crippen LogP contribution in [0, 0.1) is 6.92 Å². The third-order valence-electron chi connectivity index (χ3n) is 6.57. The van der Waals surface area contributed by atoms with Crippen molar-refractivity contribution in [1.29, 1.82) is 0 Å². The topological polar surface area (TPSA) is 76.5 Å². The summed E-state index contributed by atoms with van der Waals surface area (Å²) in [5.74, 6) is 0.692. The number of fused-ring (bicyclic) bond motifs is 3. The molecule has 3 heterocycles. The van der Waals surface area contributed by atoms with E-state index in [9.17, 15) is 9.59 Å². The van der Waals surface area contributed by atoms with E-state index < -0.39 is 0 Å². The van der Waals surface area contributed by atoms with Crippen molar-refractivity contribution in [1.82, 2.24) is 14.5 Å². The molecule has 2 aromatic carbocycles. The second kappa shape index (κ2) is 10.7. The number of methoxy groups -OCH3 is 1. The Labute approximate surface area is 224 Å². The maximum Gasteiger partial charge on any atom is 0.267 e. The summed E-state index contributed by atoms with van der Waals surface area (Å²) in [5, 5.41) is 4.14. The third-order valence-corrected chi connectivity index (χ3v) is 8.62. The fraction of sp³-hybridized carbons (Fsp3) is 0.321. The largest absolute Gasteiger partial charge is 0.497 e. The van der Waals surface area contributed by atoms with Crippen LogP contribution in [0.1, 0.15) is 29.9 Å². The second-order valence-electron chi connectivity index (χ2n) is 9.44. The fourth-order valence-electron chi connectivity index (χ4n) is 4.59. The lowest BCUT2D eigenvalue weighted by atomic mass is 10.0. The van der Waals surface area contributed by atoms with Crippen LogP contribution < -0.4 is 15.6 Å². The lowest BCUT2D eigenvalue weighted by Crippen LogP contribution is -2.35. The molecule has 1 aliphatic rings. The first-order valence-corrected chi connectivity index (χ1v) is 14.1. The molecule has 2 aromatic heterocycles. The van der Waals surface area contributed by atoms with E-state index in [1.54, 1.807) is 23.0 Å². The van der Waals surface area contributed by atoms with Crippen molar-refractivity contribution < 1.29 is 9.53 Å². The highest BCUT2D eigenvalue weighted by Crippen LogP contribution is 2.35.